The Morgan fingerprint density at radius 1 is 1.10 bits per heavy atom. The molecule has 0 saturated carbocycles. The Bertz CT molecular complexity index is 875. The number of anilines is 1. The normalized spacial score (nSPS) is 13.7. The second kappa shape index (κ2) is 12.4. The predicted octanol–water partition coefficient (Wildman–Crippen LogP) is 3.58. The quantitative estimate of drug-likeness (QED) is 0.492. The van der Waals surface area contributed by atoms with Crippen LogP contribution in [0.25, 0.3) is 0 Å². The smallest absolute Gasteiger partial charge is 0.274 e. The zero-order chi connectivity index (χ0) is 20.8. The van der Waals surface area contributed by atoms with E-state index in [4.69, 9.17) is 0 Å². The van der Waals surface area contributed by atoms with Crippen molar-refractivity contribution >= 4 is 42.1 Å². The third-order valence-electron chi connectivity index (χ3n) is 5.09. The summed E-state index contributed by atoms with van der Waals surface area (Å²) in [4.78, 5) is 26.6. The number of amides is 1. The average molecular weight is 473 g/mol. The Balaban J connectivity index is 0.00000240. The van der Waals surface area contributed by atoms with Gasteiger partial charge in [0, 0.05) is 63.5 Å². The number of nitro benzene ring substituents is 1. The van der Waals surface area contributed by atoms with Crippen LogP contribution in [0.3, 0.4) is 0 Å². The van der Waals surface area contributed by atoms with Crippen LogP contribution in [-0.4, -0.2) is 48.5 Å². The topological polar surface area (TPSA) is 78.7 Å². The molecule has 0 unspecified atom stereocenters. The van der Waals surface area contributed by atoms with E-state index in [2.05, 4.69) is 15.1 Å². The number of piperazine rings is 1. The second-order valence-electron chi connectivity index (χ2n) is 7.19. The Morgan fingerprint density at radius 2 is 1.74 bits per heavy atom. The third kappa shape index (κ3) is 7.65. The minimum absolute atomic E-state index is 0. The summed E-state index contributed by atoms with van der Waals surface area (Å²) in [6, 6.07) is 11.8. The highest BCUT2D eigenvalue weighted by atomic mass is 35.5. The van der Waals surface area contributed by atoms with Crippen LogP contribution in [0.4, 0.5) is 15.8 Å². The summed E-state index contributed by atoms with van der Waals surface area (Å²) in [5.41, 5.74) is 2.62. The summed E-state index contributed by atoms with van der Waals surface area (Å²) in [6.45, 7) is 5.54. The summed E-state index contributed by atoms with van der Waals surface area (Å²) >= 11 is 0. The molecule has 7 nitrogen and oxygen atoms in total. The number of benzene rings is 2. The molecular weight excluding hydrogens is 446 g/mol. The van der Waals surface area contributed by atoms with Crippen molar-refractivity contribution in [2.75, 3.05) is 37.6 Å². The molecule has 0 atom stereocenters. The first kappa shape index (κ1) is 26.6. The lowest BCUT2D eigenvalue weighted by molar-refractivity contribution is -0.385. The number of halogens is 3. The molecule has 1 amide bonds. The van der Waals surface area contributed by atoms with Gasteiger partial charge >= 0.3 is 0 Å². The molecule has 0 bridgehead atoms. The summed E-state index contributed by atoms with van der Waals surface area (Å²) < 4.78 is 13.1. The fourth-order valence-electron chi connectivity index (χ4n) is 3.51. The van der Waals surface area contributed by atoms with Gasteiger partial charge in [-0.15, -0.1) is 24.8 Å². The molecule has 1 fully saturated rings. The fourth-order valence-corrected chi connectivity index (χ4v) is 3.51. The van der Waals surface area contributed by atoms with E-state index >= 15 is 0 Å². The number of hydrogen-bond acceptors (Lipinski definition) is 5. The van der Waals surface area contributed by atoms with E-state index in [1.54, 1.807) is 18.2 Å². The maximum Gasteiger partial charge on any atom is 0.274 e. The van der Waals surface area contributed by atoms with Crippen LogP contribution < -0.4 is 10.2 Å². The van der Waals surface area contributed by atoms with Crippen LogP contribution in [0.15, 0.2) is 42.5 Å². The molecular formula is C21H27Cl2FN4O3. The monoisotopic (exact) mass is 472 g/mol. The number of rotatable bonds is 7. The van der Waals surface area contributed by atoms with Crippen molar-refractivity contribution in [2.45, 2.75) is 19.9 Å². The van der Waals surface area contributed by atoms with Crippen molar-refractivity contribution in [3.05, 3.63) is 69.5 Å². The van der Waals surface area contributed by atoms with Gasteiger partial charge in [-0.1, -0.05) is 12.1 Å². The lowest BCUT2D eigenvalue weighted by Gasteiger charge is -2.36. The van der Waals surface area contributed by atoms with E-state index in [1.807, 2.05) is 12.1 Å². The molecule has 170 valence electrons. The molecule has 3 rings (SSSR count). The van der Waals surface area contributed by atoms with Crippen molar-refractivity contribution < 1.29 is 14.1 Å². The van der Waals surface area contributed by atoms with Gasteiger partial charge in [-0.25, -0.2) is 4.39 Å². The average Bonchev–Trinajstić information content (AvgIpc) is 2.70. The SMILES string of the molecule is CC(=O)NCCc1ccc(CN2CCN(c3ccc(F)cc3)CC2)c([N+](=O)[O-])c1.Cl.Cl. The van der Waals surface area contributed by atoms with Crippen LogP contribution in [0.5, 0.6) is 0 Å². The highest BCUT2D eigenvalue weighted by Crippen LogP contribution is 2.24. The molecule has 31 heavy (non-hydrogen) atoms. The second-order valence-corrected chi connectivity index (χ2v) is 7.19. The summed E-state index contributed by atoms with van der Waals surface area (Å²) in [5.74, 6) is -0.365. The Morgan fingerprint density at radius 3 is 2.32 bits per heavy atom. The zero-order valence-corrected chi connectivity index (χ0v) is 18.9. The summed E-state index contributed by atoms with van der Waals surface area (Å²) in [7, 11) is 0. The van der Waals surface area contributed by atoms with E-state index in [9.17, 15) is 19.3 Å². The van der Waals surface area contributed by atoms with Gasteiger partial charge in [0.05, 0.1) is 4.92 Å². The summed E-state index contributed by atoms with van der Waals surface area (Å²) in [6.07, 6.45) is 0.553. The van der Waals surface area contributed by atoms with Gasteiger partial charge in [0.2, 0.25) is 5.91 Å². The lowest BCUT2D eigenvalue weighted by atomic mass is 10.1. The Kier molecular flexibility index (Phi) is 10.7. The fraction of sp³-hybridized carbons (Fsp3) is 0.381. The molecule has 0 radical (unpaired) electrons. The minimum Gasteiger partial charge on any atom is -0.369 e. The van der Waals surface area contributed by atoms with E-state index in [1.165, 1.54) is 19.1 Å². The first-order valence-corrected chi connectivity index (χ1v) is 9.66. The first-order chi connectivity index (χ1) is 13.9. The molecule has 0 spiro atoms. The van der Waals surface area contributed by atoms with Crippen LogP contribution >= 0.6 is 24.8 Å². The van der Waals surface area contributed by atoms with Gasteiger partial charge in [0.15, 0.2) is 0 Å². The molecule has 2 aromatic rings. The molecule has 0 aromatic heterocycles. The number of nitrogens with zero attached hydrogens (tertiary/aromatic N) is 3. The number of nitro groups is 1. The van der Waals surface area contributed by atoms with Crippen molar-refractivity contribution in [2.24, 2.45) is 0 Å². The highest BCUT2D eigenvalue weighted by Gasteiger charge is 2.21. The molecule has 1 aliphatic heterocycles. The van der Waals surface area contributed by atoms with E-state index in [0.29, 0.717) is 25.1 Å². The molecule has 10 heteroatoms. The van der Waals surface area contributed by atoms with Crippen molar-refractivity contribution in [1.29, 1.82) is 0 Å². The predicted molar refractivity (Wildman–Crippen MR) is 124 cm³/mol. The Labute approximate surface area is 193 Å². The molecule has 0 aliphatic carbocycles. The number of hydrogen-bond donors (Lipinski definition) is 1. The van der Waals surface area contributed by atoms with E-state index in [-0.39, 0.29) is 47.1 Å². The standard InChI is InChI=1S/C21H25FN4O3.2ClH/c1-16(27)23-9-8-17-2-3-18(21(14-17)26(28)29)15-24-10-12-25(13-11-24)20-6-4-19(22)5-7-20;;/h2-7,14H,8-13,15H2,1H3,(H,23,27);2*1H. The molecule has 2 aromatic carbocycles. The van der Waals surface area contributed by atoms with Crippen molar-refractivity contribution in [3.63, 3.8) is 0 Å². The third-order valence-corrected chi connectivity index (χ3v) is 5.09. The van der Waals surface area contributed by atoms with Gasteiger partial charge in [0.1, 0.15) is 5.82 Å². The van der Waals surface area contributed by atoms with E-state index < -0.39 is 0 Å². The van der Waals surface area contributed by atoms with Gasteiger partial charge < -0.3 is 10.2 Å². The number of nitrogens with one attached hydrogen (secondary N) is 1. The largest absolute Gasteiger partial charge is 0.369 e. The Hall–Kier alpha value is -2.42. The summed E-state index contributed by atoms with van der Waals surface area (Å²) in [5, 5.41) is 14.2. The van der Waals surface area contributed by atoms with Gasteiger partial charge in [-0.2, -0.15) is 0 Å². The van der Waals surface area contributed by atoms with Gasteiger partial charge in [-0.05, 0) is 36.2 Å². The molecule has 1 N–H and O–H groups in total. The number of carbonyl (C=O) groups excluding carboxylic acids is 1. The van der Waals surface area contributed by atoms with Crippen LogP contribution in [0, 0.1) is 15.9 Å². The first-order valence-electron chi connectivity index (χ1n) is 9.66. The minimum atomic E-state index is -0.341. The van der Waals surface area contributed by atoms with Gasteiger partial charge in [0.25, 0.3) is 5.69 Å². The zero-order valence-electron chi connectivity index (χ0n) is 17.3. The molecule has 1 heterocycles. The highest BCUT2D eigenvalue weighted by molar-refractivity contribution is 5.85. The van der Waals surface area contributed by atoms with Crippen LogP contribution in [-0.2, 0) is 17.8 Å². The maximum atomic E-state index is 13.1. The number of carbonyl (C=O) groups is 1. The van der Waals surface area contributed by atoms with Crippen molar-refractivity contribution in [1.82, 2.24) is 10.2 Å². The molecule has 1 saturated heterocycles. The van der Waals surface area contributed by atoms with Crippen LogP contribution in [0.2, 0.25) is 0 Å². The maximum absolute atomic E-state index is 13.1. The van der Waals surface area contributed by atoms with Gasteiger partial charge in [-0.3, -0.25) is 19.8 Å². The lowest BCUT2D eigenvalue weighted by Crippen LogP contribution is -2.46. The van der Waals surface area contributed by atoms with E-state index in [0.717, 1.165) is 37.4 Å². The molecule has 1 aliphatic rings. The van der Waals surface area contributed by atoms with Crippen molar-refractivity contribution in [3.8, 4) is 0 Å². The van der Waals surface area contributed by atoms with Crippen LogP contribution in [0.1, 0.15) is 18.1 Å².